The lowest BCUT2D eigenvalue weighted by molar-refractivity contribution is 1.28. The van der Waals surface area contributed by atoms with Gasteiger partial charge >= 0.3 is 0 Å². The van der Waals surface area contributed by atoms with Crippen LogP contribution in [0, 0.1) is 6.92 Å². The van der Waals surface area contributed by atoms with Gasteiger partial charge in [-0.3, -0.25) is 4.79 Å². The summed E-state index contributed by atoms with van der Waals surface area (Å²) < 4.78 is 2.12. The van der Waals surface area contributed by atoms with E-state index in [1.165, 1.54) is 5.56 Å². The van der Waals surface area contributed by atoms with Gasteiger partial charge in [0, 0.05) is 14.8 Å². The molecule has 0 saturated carbocycles. The summed E-state index contributed by atoms with van der Waals surface area (Å²) in [5.41, 5.74) is 2.11. The molecule has 0 spiro atoms. The van der Waals surface area contributed by atoms with Crippen LogP contribution in [0.2, 0.25) is 0 Å². The number of H-pyrrole nitrogens is 1. The lowest BCUT2D eigenvalue weighted by Crippen LogP contribution is -2.05. The molecule has 0 bridgehead atoms. The third kappa shape index (κ3) is 1.65. The Morgan fingerprint density at radius 1 is 1.44 bits per heavy atom. The number of thioether (sulfide) groups is 1. The Kier molecular flexibility index (Phi) is 3.00. The van der Waals surface area contributed by atoms with Gasteiger partial charge in [0.1, 0.15) is 0 Å². The Balaban J connectivity index is 2.68. The van der Waals surface area contributed by atoms with E-state index in [1.807, 2.05) is 17.7 Å². The van der Waals surface area contributed by atoms with Crippen LogP contribution in [-0.4, -0.2) is 11.2 Å². The smallest absolute Gasteiger partial charge is 0.257 e. The van der Waals surface area contributed by atoms with Crippen molar-refractivity contribution in [3.63, 3.8) is 0 Å². The highest BCUT2D eigenvalue weighted by Crippen LogP contribution is 2.38. The average Bonchev–Trinajstić information content (AvgIpc) is 2.83. The molecule has 0 atom stereocenters. The van der Waals surface area contributed by atoms with E-state index in [-0.39, 0.29) is 5.56 Å². The van der Waals surface area contributed by atoms with Crippen molar-refractivity contribution in [1.82, 2.24) is 4.98 Å². The lowest BCUT2D eigenvalue weighted by atomic mass is 10.1. The summed E-state index contributed by atoms with van der Waals surface area (Å²) in [4.78, 5) is 16.2. The van der Waals surface area contributed by atoms with Crippen LogP contribution >= 0.6 is 39.0 Å². The molecule has 92 valence electrons. The minimum atomic E-state index is -0.00944. The molecule has 1 N–H and O–H groups in total. The number of rotatable bonds is 1. The van der Waals surface area contributed by atoms with Crippen LogP contribution in [-0.2, 0) is 0 Å². The van der Waals surface area contributed by atoms with Gasteiger partial charge in [0.05, 0.1) is 15.6 Å². The molecule has 3 rings (SSSR count). The zero-order valence-electron chi connectivity index (χ0n) is 9.83. The van der Waals surface area contributed by atoms with Crippen molar-refractivity contribution in [1.29, 1.82) is 0 Å². The van der Waals surface area contributed by atoms with Crippen molar-refractivity contribution in [2.45, 2.75) is 11.8 Å². The van der Waals surface area contributed by atoms with Crippen LogP contribution in [0.3, 0.4) is 0 Å². The van der Waals surface area contributed by atoms with Gasteiger partial charge in [-0.1, -0.05) is 0 Å². The molecule has 2 nitrogen and oxygen atoms in total. The van der Waals surface area contributed by atoms with Gasteiger partial charge in [-0.2, -0.15) is 0 Å². The molecular weight excluding hydrogens is 330 g/mol. The summed E-state index contributed by atoms with van der Waals surface area (Å²) in [5.74, 6) is 0. The van der Waals surface area contributed by atoms with Gasteiger partial charge in [-0.15, -0.1) is 23.1 Å². The van der Waals surface area contributed by atoms with E-state index in [9.17, 15) is 4.79 Å². The zero-order chi connectivity index (χ0) is 12.9. The molecular formula is C13H10BrNOS2. The van der Waals surface area contributed by atoms with Crippen LogP contribution in [0.25, 0.3) is 21.0 Å². The Labute approximate surface area is 121 Å². The second-order valence-electron chi connectivity index (χ2n) is 4.08. The molecule has 1 aromatic carbocycles. The predicted octanol–water partition coefficient (Wildman–Crippen LogP) is 4.54. The Morgan fingerprint density at radius 2 is 2.22 bits per heavy atom. The second kappa shape index (κ2) is 4.40. The third-order valence-corrected chi connectivity index (χ3v) is 5.72. The molecule has 2 heterocycles. The monoisotopic (exact) mass is 339 g/mol. The van der Waals surface area contributed by atoms with Crippen molar-refractivity contribution in [2.75, 3.05) is 6.26 Å². The lowest BCUT2D eigenvalue weighted by Gasteiger charge is -2.09. The molecule has 0 aliphatic rings. The van der Waals surface area contributed by atoms with E-state index in [0.717, 1.165) is 30.4 Å². The molecule has 0 amide bonds. The van der Waals surface area contributed by atoms with Crippen LogP contribution < -0.4 is 5.56 Å². The number of aromatic nitrogens is 1. The number of hydrogen-bond acceptors (Lipinski definition) is 3. The molecule has 0 saturated heterocycles. The van der Waals surface area contributed by atoms with Gasteiger partial charge in [0.2, 0.25) is 0 Å². The fraction of sp³-hybridized carbons (Fsp3) is 0.154. The molecule has 0 aliphatic carbocycles. The highest BCUT2D eigenvalue weighted by molar-refractivity contribution is 9.10. The maximum atomic E-state index is 12.0. The van der Waals surface area contributed by atoms with Crippen LogP contribution in [0.15, 0.2) is 31.7 Å². The first kappa shape index (κ1) is 12.3. The van der Waals surface area contributed by atoms with Gasteiger partial charge in [0.25, 0.3) is 5.56 Å². The summed E-state index contributed by atoms with van der Waals surface area (Å²) in [6.45, 7) is 2.08. The fourth-order valence-electron chi connectivity index (χ4n) is 2.12. The third-order valence-electron chi connectivity index (χ3n) is 3.01. The standard InChI is InChI=1S/C13H10BrNOS2/c1-6-5-8(17-2)11-9(10(6)14)12-7(3-4-18-12)13(16)15-11/h3-5H,1-2H3,(H,15,16). The molecule has 2 aromatic heterocycles. The first-order valence-electron chi connectivity index (χ1n) is 5.39. The predicted molar refractivity (Wildman–Crippen MR) is 84.2 cm³/mol. The van der Waals surface area contributed by atoms with Gasteiger partial charge in [-0.05, 0) is 52.2 Å². The zero-order valence-corrected chi connectivity index (χ0v) is 13.1. The fourth-order valence-corrected chi connectivity index (χ4v) is 4.37. The van der Waals surface area contributed by atoms with E-state index in [4.69, 9.17) is 0 Å². The van der Waals surface area contributed by atoms with Crippen LogP contribution in [0.5, 0.6) is 0 Å². The topological polar surface area (TPSA) is 32.9 Å². The maximum absolute atomic E-state index is 12.0. The number of hydrogen-bond donors (Lipinski definition) is 1. The number of benzene rings is 1. The summed E-state index contributed by atoms with van der Waals surface area (Å²) in [6, 6.07) is 3.98. The molecule has 18 heavy (non-hydrogen) atoms. The Hall–Kier alpha value is -0.780. The first-order valence-corrected chi connectivity index (χ1v) is 8.29. The van der Waals surface area contributed by atoms with Crippen LogP contribution in [0.4, 0.5) is 0 Å². The summed E-state index contributed by atoms with van der Waals surface area (Å²) in [7, 11) is 0. The summed E-state index contributed by atoms with van der Waals surface area (Å²) >= 11 is 6.92. The van der Waals surface area contributed by atoms with Gasteiger partial charge in [0.15, 0.2) is 0 Å². The summed E-state index contributed by atoms with van der Waals surface area (Å²) in [6.07, 6.45) is 2.03. The highest BCUT2D eigenvalue weighted by atomic mass is 79.9. The Bertz CT molecular complexity index is 819. The number of nitrogens with one attached hydrogen (secondary N) is 1. The largest absolute Gasteiger partial charge is 0.320 e. The van der Waals surface area contributed by atoms with Crippen molar-refractivity contribution < 1.29 is 0 Å². The minimum absolute atomic E-state index is 0.00944. The first-order chi connectivity index (χ1) is 8.63. The number of halogens is 1. The molecule has 3 aromatic rings. The number of thiophene rings is 1. The van der Waals surface area contributed by atoms with E-state index in [0.29, 0.717) is 0 Å². The summed E-state index contributed by atoms with van der Waals surface area (Å²) in [5, 5.41) is 3.85. The number of aryl methyl sites for hydroxylation is 1. The minimum Gasteiger partial charge on any atom is -0.320 e. The highest BCUT2D eigenvalue weighted by Gasteiger charge is 2.14. The molecule has 0 fully saturated rings. The van der Waals surface area contributed by atoms with Crippen molar-refractivity contribution >= 4 is 60.0 Å². The van der Waals surface area contributed by atoms with E-state index in [1.54, 1.807) is 23.1 Å². The maximum Gasteiger partial charge on any atom is 0.257 e. The molecule has 0 radical (unpaired) electrons. The van der Waals surface area contributed by atoms with Gasteiger partial charge < -0.3 is 4.98 Å². The van der Waals surface area contributed by atoms with E-state index >= 15 is 0 Å². The molecule has 0 aliphatic heterocycles. The molecule has 5 heteroatoms. The Morgan fingerprint density at radius 3 is 2.94 bits per heavy atom. The van der Waals surface area contributed by atoms with Crippen molar-refractivity contribution in [2.24, 2.45) is 0 Å². The normalized spacial score (nSPS) is 11.5. The number of pyridine rings is 1. The van der Waals surface area contributed by atoms with Gasteiger partial charge in [-0.25, -0.2) is 0 Å². The SMILES string of the molecule is CSc1cc(C)c(Br)c2c1[nH]c(=O)c1ccsc12. The second-order valence-corrected chi connectivity index (χ2v) is 6.63. The number of aromatic amines is 1. The van der Waals surface area contributed by atoms with Crippen LogP contribution in [0.1, 0.15) is 5.56 Å². The number of fused-ring (bicyclic) bond motifs is 3. The van der Waals surface area contributed by atoms with E-state index in [2.05, 4.69) is 33.9 Å². The van der Waals surface area contributed by atoms with Crippen molar-refractivity contribution in [3.05, 3.63) is 37.9 Å². The average molecular weight is 340 g/mol. The quantitative estimate of drug-likeness (QED) is 0.660. The van der Waals surface area contributed by atoms with E-state index < -0.39 is 0 Å². The molecule has 0 unspecified atom stereocenters. The van der Waals surface area contributed by atoms with Crippen molar-refractivity contribution in [3.8, 4) is 0 Å².